The summed E-state index contributed by atoms with van der Waals surface area (Å²) in [6, 6.07) is 11.0. The lowest BCUT2D eigenvalue weighted by Gasteiger charge is -2.07. The van der Waals surface area contributed by atoms with E-state index in [0.29, 0.717) is 11.6 Å². The van der Waals surface area contributed by atoms with E-state index in [2.05, 4.69) is 27.6 Å². The minimum absolute atomic E-state index is 0.281. The van der Waals surface area contributed by atoms with E-state index in [1.165, 1.54) is 0 Å². The topological polar surface area (TPSA) is 74.2 Å². The molecule has 2 rings (SSSR count). The van der Waals surface area contributed by atoms with Gasteiger partial charge in [-0.3, -0.25) is 0 Å². The molecule has 5 heteroatoms. The number of para-hydroxylation sites is 1. The highest BCUT2D eigenvalue weighted by Crippen LogP contribution is 2.26. The number of hydrogen-bond acceptors (Lipinski definition) is 4. The van der Waals surface area contributed by atoms with E-state index in [4.69, 9.17) is 16.2 Å². The summed E-state index contributed by atoms with van der Waals surface area (Å²) >= 11 is 2.19. The van der Waals surface area contributed by atoms with E-state index in [1.807, 2.05) is 24.3 Å². The molecule has 0 unspecified atom stereocenters. The van der Waals surface area contributed by atoms with Crippen LogP contribution < -0.4 is 16.2 Å². The minimum atomic E-state index is 0.281. The van der Waals surface area contributed by atoms with Gasteiger partial charge in [0.2, 0.25) is 5.88 Å². The molecular formula is C11H10IN3O. The van der Waals surface area contributed by atoms with Crippen molar-refractivity contribution >= 4 is 34.1 Å². The van der Waals surface area contributed by atoms with Crippen molar-refractivity contribution in [1.29, 1.82) is 0 Å². The predicted octanol–water partition coefficient (Wildman–Crippen LogP) is 2.64. The van der Waals surface area contributed by atoms with Crippen LogP contribution in [0.3, 0.4) is 0 Å². The van der Waals surface area contributed by atoms with Crippen LogP contribution in [-0.2, 0) is 0 Å². The fourth-order valence-corrected chi connectivity index (χ4v) is 1.66. The summed E-state index contributed by atoms with van der Waals surface area (Å²) in [6.45, 7) is 0. The summed E-state index contributed by atoms with van der Waals surface area (Å²) in [7, 11) is 0. The van der Waals surface area contributed by atoms with Crippen molar-refractivity contribution in [1.82, 2.24) is 4.98 Å². The zero-order valence-corrected chi connectivity index (χ0v) is 10.5. The number of benzene rings is 1. The van der Waals surface area contributed by atoms with Gasteiger partial charge in [0.1, 0.15) is 5.75 Å². The molecular weight excluding hydrogens is 317 g/mol. The minimum Gasteiger partial charge on any atom is -0.438 e. The number of hydrogen-bond donors (Lipinski definition) is 2. The van der Waals surface area contributed by atoms with E-state index in [-0.39, 0.29) is 5.82 Å². The monoisotopic (exact) mass is 327 g/mol. The summed E-state index contributed by atoms with van der Waals surface area (Å²) < 4.78 is 6.60. The highest BCUT2D eigenvalue weighted by Gasteiger charge is 2.04. The van der Waals surface area contributed by atoms with Gasteiger partial charge in [0.25, 0.3) is 0 Å². The molecule has 1 aromatic heterocycles. The van der Waals surface area contributed by atoms with Gasteiger partial charge in [0.15, 0.2) is 5.82 Å². The van der Waals surface area contributed by atoms with Crippen LogP contribution in [0.5, 0.6) is 11.6 Å². The maximum absolute atomic E-state index is 5.59. The maximum Gasteiger partial charge on any atom is 0.221 e. The van der Waals surface area contributed by atoms with Crippen molar-refractivity contribution in [2.45, 2.75) is 0 Å². The number of rotatable bonds is 2. The number of aromatic nitrogens is 1. The van der Waals surface area contributed by atoms with Gasteiger partial charge in [-0.2, -0.15) is 4.98 Å². The molecule has 0 fully saturated rings. The summed E-state index contributed by atoms with van der Waals surface area (Å²) in [5.41, 5.74) is 11.6. The van der Waals surface area contributed by atoms with E-state index in [9.17, 15) is 0 Å². The number of halogens is 1. The summed E-state index contributed by atoms with van der Waals surface area (Å²) in [4.78, 5) is 4.04. The number of anilines is 2. The third kappa shape index (κ3) is 2.35. The lowest BCUT2D eigenvalue weighted by molar-refractivity contribution is 0.461. The number of pyridine rings is 1. The Morgan fingerprint density at radius 2 is 1.81 bits per heavy atom. The van der Waals surface area contributed by atoms with Gasteiger partial charge in [-0.25, -0.2) is 0 Å². The molecule has 4 nitrogen and oxygen atoms in total. The molecule has 1 heterocycles. The van der Waals surface area contributed by atoms with Crippen LogP contribution in [0.25, 0.3) is 0 Å². The molecule has 0 atom stereocenters. The zero-order chi connectivity index (χ0) is 11.5. The first-order valence-electron chi connectivity index (χ1n) is 4.61. The van der Waals surface area contributed by atoms with Crippen molar-refractivity contribution in [3.63, 3.8) is 0 Å². The van der Waals surface area contributed by atoms with E-state index in [0.717, 1.165) is 9.32 Å². The van der Waals surface area contributed by atoms with Gasteiger partial charge in [-0.05, 0) is 40.8 Å². The first-order valence-corrected chi connectivity index (χ1v) is 5.69. The van der Waals surface area contributed by atoms with Crippen LogP contribution in [0.4, 0.5) is 11.5 Å². The quantitative estimate of drug-likeness (QED) is 0.832. The molecule has 16 heavy (non-hydrogen) atoms. The van der Waals surface area contributed by atoms with Crippen LogP contribution in [0.2, 0.25) is 0 Å². The van der Waals surface area contributed by atoms with Gasteiger partial charge in [0.05, 0.1) is 9.26 Å². The number of nitrogen functional groups attached to an aromatic ring is 2. The molecule has 2 aromatic rings. The van der Waals surface area contributed by atoms with Crippen molar-refractivity contribution in [2.75, 3.05) is 11.5 Å². The fraction of sp³-hybridized carbons (Fsp3) is 0. The van der Waals surface area contributed by atoms with Gasteiger partial charge >= 0.3 is 0 Å². The normalized spacial score (nSPS) is 10.1. The van der Waals surface area contributed by atoms with Crippen LogP contribution >= 0.6 is 22.6 Å². The smallest absolute Gasteiger partial charge is 0.221 e. The Kier molecular flexibility index (Phi) is 3.14. The van der Waals surface area contributed by atoms with Gasteiger partial charge in [0, 0.05) is 6.07 Å². The molecule has 0 amide bonds. The standard InChI is InChI=1S/C11H10IN3O/c12-7-3-1-2-4-9(7)16-10-6-5-8(13)11(14)15-10/h1-6H,13H2,(H2,14,15). The van der Waals surface area contributed by atoms with Crippen molar-refractivity contribution in [2.24, 2.45) is 0 Å². The molecule has 0 aliphatic rings. The second-order valence-electron chi connectivity index (χ2n) is 3.16. The Bertz CT molecular complexity index is 516. The highest BCUT2D eigenvalue weighted by molar-refractivity contribution is 14.1. The first kappa shape index (κ1) is 11.0. The summed E-state index contributed by atoms with van der Waals surface area (Å²) in [5, 5.41) is 0. The second kappa shape index (κ2) is 4.56. The van der Waals surface area contributed by atoms with Crippen LogP contribution in [0.15, 0.2) is 36.4 Å². The Labute approximate surface area is 107 Å². The van der Waals surface area contributed by atoms with Gasteiger partial charge < -0.3 is 16.2 Å². The Morgan fingerprint density at radius 3 is 2.50 bits per heavy atom. The van der Waals surface area contributed by atoms with Gasteiger partial charge in [-0.1, -0.05) is 12.1 Å². The van der Waals surface area contributed by atoms with Crippen LogP contribution in [0, 0.1) is 3.57 Å². The average molecular weight is 327 g/mol. The van der Waals surface area contributed by atoms with Crippen molar-refractivity contribution in [3.8, 4) is 11.6 Å². The SMILES string of the molecule is Nc1ccc(Oc2ccccc2I)nc1N. The van der Waals surface area contributed by atoms with E-state index >= 15 is 0 Å². The van der Waals surface area contributed by atoms with Gasteiger partial charge in [-0.15, -0.1) is 0 Å². The number of ether oxygens (including phenoxy) is 1. The lowest BCUT2D eigenvalue weighted by Crippen LogP contribution is -1.99. The van der Waals surface area contributed by atoms with E-state index in [1.54, 1.807) is 12.1 Å². The Morgan fingerprint density at radius 1 is 1.06 bits per heavy atom. The van der Waals surface area contributed by atoms with Crippen molar-refractivity contribution < 1.29 is 4.74 Å². The summed E-state index contributed by atoms with van der Waals surface area (Å²) in [5.74, 6) is 1.47. The highest BCUT2D eigenvalue weighted by atomic mass is 127. The van der Waals surface area contributed by atoms with E-state index < -0.39 is 0 Å². The molecule has 0 aliphatic heterocycles. The van der Waals surface area contributed by atoms with Crippen LogP contribution in [0.1, 0.15) is 0 Å². The molecule has 4 N–H and O–H groups in total. The molecule has 82 valence electrons. The first-order chi connectivity index (χ1) is 7.66. The third-order valence-corrected chi connectivity index (χ3v) is 2.87. The molecule has 0 aliphatic carbocycles. The molecule has 0 bridgehead atoms. The lowest BCUT2D eigenvalue weighted by atomic mass is 10.3. The zero-order valence-electron chi connectivity index (χ0n) is 8.35. The molecule has 0 spiro atoms. The maximum atomic E-state index is 5.59. The second-order valence-corrected chi connectivity index (χ2v) is 4.32. The predicted molar refractivity (Wildman–Crippen MR) is 72.3 cm³/mol. The van der Waals surface area contributed by atoms with Crippen molar-refractivity contribution in [3.05, 3.63) is 40.0 Å². The average Bonchev–Trinajstić information content (AvgIpc) is 2.27. The fourth-order valence-electron chi connectivity index (χ4n) is 1.16. The summed E-state index contributed by atoms with van der Waals surface area (Å²) in [6.07, 6.45) is 0. The Balaban J connectivity index is 2.28. The van der Waals surface area contributed by atoms with Crippen LogP contribution in [-0.4, -0.2) is 4.98 Å². The Hall–Kier alpha value is -1.50. The molecule has 0 saturated carbocycles. The number of nitrogens with two attached hydrogens (primary N) is 2. The third-order valence-electron chi connectivity index (χ3n) is 1.98. The molecule has 0 saturated heterocycles. The largest absolute Gasteiger partial charge is 0.438 e. The molecule has 1 aromatic carbocycles. The number of nitrogens with zero attached hydrogens (tertiary/aromatic N) is 1. The molecule has 0 radical (unpaired) electrons.